The molecule has 0 aromatic rings. The van der Waals surface area contributed by atoms with Gasteiger partial charge in [0.05, 0.1) is 0 Å². The van der Waals surface area contributed by atoms with E-state index in [1.54, 1.807) is 41.5 Å². The number of hydroxylamine groups is 2. The Labute approximate surface area is 404 Å². The van der Waals surface area contributed by atoms with Crippen LogP contribution in [0.3, 0.4) is 0 Å². The van der Waals surface area contributed by atoms with E-state index in [4.69, 9.17) is 29.9 Å². The summed E-state index contributed by atoms with van der Waals surface area (Å²) in [5.41, 5.74) is 8.79. The van der Waals surface area contributed by atoms with E-state index in [9.17, 15) is 43.8 Å². The quantitative estimate of drug-likeness (QED) is 0.0229. The van der Waals surface area contributed by atoms with E-state index in [1.165, 1.54) is 41.0 Å². The minimum atomic E-state index is -0.965. The maximum atomic E-state index is 11.6. The van der Waals surface area contributed by atoms with Gasteiger partial charge in [-0.3, -0.25) is 33.6 Å². The van der Waals surface area contributed by atoms with Gasteiger partial charge in [-0.25, -0.2) is 15.1 Å². The molecule has 2 aliphatic heterocycles. The number of nitrogens with one attached hydrogen (secondary N) is 4. The molecule has 22 nitrogen and oxygen atoms in total. The molecule has 0 bridgehead atoms. The molecule has 4 amide bonds. The van der Waals surface area contributed by atoms with Crippen LogP contribution in [0.15, 0.2) is 24.3 Å². The third-order valence-corrected chi connectivity index (χ3v) is 8.88. The first kappa shape index (κ1) is 74.0. The maximum absolute atomic E-state index is 11.6. The lowest BCUT2D eigenvalue weighted by molar-refractivity contribution is -0.163. The first-order chi connectivity index (χ1) is 29.1. The summed E-state index contributed by atoms with van der Waals surface area (Å²) < 4.78 is 14.5. The fourth-order valence-corrected chi connectivity index (χ4v) is 4.10. The number of aliphatic hydroxyl groups excluding tert-OH is 3. The fourth-order valence-electron chi connectivity index (χ4n) is 4.10. The molecule has 0 fully saturated rings. The van der Waals surface area contributed by atoms with Gasteiger partial charge in [-0.05, 0) is 98.1 Å². The van der Waals surface area contributed by atoms with Crippen molar-refractivity contribution in [3.8, 4) is 0 Å². The van der Waals surface area contributed by atoms with Gasteiger partial charge in [0.15, 0.2) is 6.61 Å². The smallest absolute Gasteiger partial charge is 0.334 e. The van der Waals surface area contributed by atoms with Crippen LogP contribution in [0.1, 0.15) is 104 Å². The lowest BCUT2D eigenvalue weighted by atomic mass is 10.2. The van der Waals surface area contributed by atoms with Crippen molar-refractivity contribution in [1.29, 1.82) is 0 Å². The molecule has 2 aliphatic rings. The highest BCUT2D eigenvalue weighted by Crippen LogP contribution is 2.11. The second-order valence-electron chi connectivity index (χ2n) is 15.4. The Kier molecular flexibility index (Phi) is 46.7. The Balaban J connectivity index is -0.000000188. The van der Waals surface area contributed by atoms with Gasteiger partial charge >= 0.3 is 17.9 Å². The fraction of sp³-hybridized carbons (Fsp3) is 0.725. The number of aliphatic hydroxyl groups is 3. The highest BCUT2D eigenvalue weighted by molar-refractivity contribution is 8.40. The highest BCUT2D eigenvalue weighted by Gasteiger charge is 2.25. The van der Waals surface area contributed by atoms with Crippen molar-refractivity contribution in [1.82, 2.24) is 31.4 Å². The molecule has 0 aromatic heterocycles. The molecule has 386 valence electrons. The summed E-state index contributed by atoms with van der Waals surface area (Å²) in [6.07, 6.45) is 3.65. The highest BCUT2D eigenvalue weighted by atomic mass is 32.7. The first-order valence-electron chi connectivity index (χ1n) is 19.3. The first-order valence-corrected chi connectivity index (χ1v) is 23.8. The summed E-state index contributed by atoms with van der Waals surface area (Å²) >= 11 is 8.82. The van der Waals surface area contributed by atoms with Gasteiger partial charge in [0.25, 0.3) is 0 Å². The predicted molar refractivity (Wildman–Crippen MR) is 260 cm³/mol. The van der Waals surface area contributed by atoms with Gasteiger partial charge in [-0.2, -0.15) is 5.48 Å². The Morgan fingerprint density at radius 2 is 1.03 bits per heavy atom. The Morgan fingerprint density at radius 1 is 0.667 bits per heavy atom. The van der Waals surface area contributed by atoms with Gasteiger partial charge in [0.1, 0.15) is 42.6 Å². The number of nitrogens with two attached hydrogens (primary N) is 1. The van der Waals surface area contributed by atoms with Gasteiger partial charge in [-0.1, -0.05) is 22.3 Å². The third-order valence-electron chi connectivity index (χ3n) is 6.21. The summed E-state index contributed by atoms with van der Waals surface area (Å²) in [4.78, 5) is 89.6. The van der Waals surface area contributed by atoms with Crippen LogP contribution >= 0.6 is 14.1 Å². The van der Waals surface area contributed by atoms with Crippen LogP contribution in [-0.2, 0) is 81.1 Å². The number of hydrogen-bond acceptors (Lipinski definition) is 20. The lowest BCUT2D eigenvalue weighted by Crippen LogP contribution is -2.38. The standard InChI is InChI=1S/C15H25N3O6.C10H18N4O4.C6H12O3.C6H12O2.3CH4.P2S2/c1-15(2,3)24-14(22)10-23-17-8-7-16-11(19)6-9-18-12(20)4-5-13(18)21;11-7-18-13-5-4-12-8(15)3-6-14-9(16)1-2-10(14)17;1-6(2,3)9-5(8)4-7;1-5(7)8-6(2,3)4;;;;3-1-2-4/h4-5,12,17,20H,6-10H2,1-3H3,(H,16,19);1-2,9,13,16H,3-7,11H2,(H,12,15);7H,4H2,1-3H3;1-4H3;3*1H4;. The monoisotopic (exact) mass is 1020 g/mol. The summed E-state index contributed by atoms with van der Waals surface area (Å²) in [5, 5.41) is 32.4. The Hall–Kier alpha value is -3.51. The zero-order chi connectivity index (χ0) is 49.2. The van der Waals surface area contributed by atoms with Crippen LogP contribution in [0.2, 0.25) is 0 Å². The molecule has 2 rings (SSSR count). The van der Waals surface area contributed by atoms with E-state index in [1.807, 2.05) is 20.8 Å². The summed E-state index contributed by atoms with van der Waals surface area (Å²) in [5.74, 6) is -2.34. The zero-order valence-electron chi connectivity index (χ0n) is 37.7. The van der Waals surface area contributed by atoms with Crippen molar-refractivity contribution >= 4 is 79.2 Å². The number of hydrogen-bond donors (Lipinski definition) is 8. The van der Waals surface area contributed by atoms with Gasteiger partial charge < -0.3 is 55.7 Å². The molecule has 2 heterocycles. The van der Waals surface area contributed by atoms with Crippen molar-refractivity contribution in [2.75, 3.05) is 59.2 Å². The molecule has 0 saturated heterocycles. The topological polar surface area (TPSA) is 307 Å². The lowest BCUT2D eigenvalue weighted by Gasteiger charge is -2.20. The van der Waals surface area contributed by atoms with Crippen molar-refractivity contribution in [2.45, 2.75) is 134 Å². The molecule has 0 radical (unpaired) electrons. The van der Waals surface area contributed by atoms with E-state index in [0.29, 0.717) is 26.2 Å². The number of carbonyl (C=O) groups is 7. The number of nitrogens with zero attached hydrogens (tertiary/aromatic N) is 2. The average molecular weight is 1020 g/mol. The van der Waals surface area contributed by atoms with E-state index in [0.717, 1.165) is 14.1 Å². The number of amides is 4. The molecule has 0 aliphatic carbocycles. The van der Waals surface area contributed by atoms with Crippen molar-refractivity contribution in [3.63, 3.8) is 0 Å². The SMILES string of the molecule is C.C.C.CC(=O)OC(C)(C)C.CC(C)(C)OC(=O)CO.CC(C)(C)OC(=O)CONCCNC(=O)CCN1C(=O)C=CC1O.NCONCCNC(=O)CCN1C(=O)C=CC1O.S=PP=S. The largest absolute Gasteiger partial charge is 0.460 e. The minimum Gasteiger partial charge on any atom is -0.460 e. The van der Waals surface area contributed by atoms with Crippen LogP contribution < -0.4 is 27.3 Å². The summed E-state index contributed by atoms with van der Waals surface area (Å²) in [6.45, 7) is 18.5. The molecule has 2 unspecified atom stereocenters. The normalized spacial score (nSPS) is 14.7. The van der Waals surface area contributed by atoms with Gasteiger partial charge in [0, 0.05) is 85.3 Å². The molecule has 0 spiro atoms. The summed E-state index contributed by atoms with van der Waals surface area (Å²) in [6, 6.07) is 0. The summed E-state index contributed by atoms with van der Waals surface area (Å²) in [7, 11) is 1.74. The number of rotatable bonds is 19. The molecular weight excluding hydrogens is 945 g/mol. The molecular formula is C40H79N7O15P2S2. The molecule has 26 heteroatoms. The van der Waals surface area contributed by atoms with E-state index in [2.05, 4.69) is 50.0 Å². The molecule has 66 heavy (non-hydrogen) atoms. The van der Waals surface area contributed by atoms with Crippen LogP contribution in [0.4, 0.5) is 0 Å². The molecule has 0 saturated carbocycles. The van der Waals surface area contributed by atoms with E-state index >= 15 is 0 Å². The number of ether oxygens (including phenoxy) is 3. The van der Waals surface area contributed by atoms with Crippen LogP contribution in [0.5, 0.6) is 0 Å². The van der Waals surface area contributed by atoms with E-state index in [-0.39, 0.29) is 96.7 Å². The maximum Gasteiger partial charge on any atom is 0.334 e. The van der Waals surface area contributed by atoms with Crippen molar-refractivity contribution in [3.05, 3.63) is 24.3 Å². The number of esters is 3. The molecule has 0 aromatic carbocycles. The molecule has 9 N–H and O–H groups in total. The van der Waals surface area contributed by atoms with Crippen LogP contribution in [0.25, 0.3) is 0 Å². The van der Waals surface area contributed by atoms with Crippen molar-refractivity contribution in [2.24, 2.45) is 5.73 Å². The Bertz CT molecular complexity index is 1490. The third kappa shape index (κ3) is 48.4. The number of carbonyl (C=O) groups excluding carboxylic acids is 7. The Morgan fingerprint density at radius 3 is 1.29 bits per heavy atom. The zero-order valence-corrected chi connectivity index (χ0v) is 41.1. The predicted octanol–water partition coefficient (Wildman–Crippen LogP) is 2.01. The van der Waals surface area contributed by atoms with Crippen LogP contribution in [0, 0.1) is 0 Å². The van der Waals surface area contributed by atoms with Gasteiger partial charge in [-0.15, -0.1) is 0 Å². The minimum absolute atomic E-state index is 0. The average Bonchev–Trinajstić information content (AvgIpc) is 3.66. The van der Waals surface area contributed by atoms with Crippen LogP contribution in [-0.4, -0.2) is 155 Å². The van der Waals surface area contributed by atoms with Gasteiger partial charge in [0.2, 0.25) is 23.6 Å². The second-order valence-corrected chi connectivity index (χ2v) is 19.6. The second kappa shape index (κ2) is 41.7. The van der Waals surface area contributed by atoms with Crippen molar-refractivity contribution < 1.29 is 72.8 Å². The molecule has 2 atom stereocenters. The van der Waals surface area contributed by atoms with E-state index < -0.39 is 42.2 Å².